The summed E-state index contributed by atoms with van der Waals surface area (Å²) in [6.45, 7) is 0.685. The molecule has 0 aliphatic carbocycles. The predicted molar refractivity (Wildman–Crippen MR) is 94.2 cm³/mol. The molecule has 0 bridgehead atoms. The van der Waals surface area contributed by atoms with Crippen molar-refractivity contribution in [2.45, 2.75) is 31.5 Å². The largest absolute Gasteiger partial charge is 0.488 e. The number of nitrogens with zero attached hydrogens (tertiary/aromatic N) is 1. The van der Waals surface area contributed by atoms with Gasteiger partial charge in [0.15, 0.2) is 5.05 Å². The Balaban J connectivity index is 2.13. The molecule has 1 atom stereocenters. The Bertz CT molecular complexity index is 863. The third kappa shape index (κ3) is 3.49. The summed E-state index contributed by atoms with van der Waals surface area (Å²) in [4.78, 5) is 15.9. The highest BCUT2D eigenvalue weighted by Crippen LogP contribution is 2.36. The van der Waals surface area contributed by atoms with Gasteiger partial charge in [-0.05, 0) is 49.7 Å². The van der Waals surface area contributed by atoms with Crippen molar-refractivity contribution in [3.63, 3.8) is 0 Å². The van der Waals surface area contributed by atoms with Crippen molar-refractivity contribution in [2.24, 2.45) is 0 Å². The van der Waals surface area contributed by atoms with Gasteiger partial charge in [0.2, 0.25) is 5.56 Å². The number of H-pyrrole nitrogens is 1. The number of ether oxygens (including phenoxy) is 1. The van der Waals surface area contributed by atoms with E-state index in [2.05, 4.69) is 4.98 Å². The lowest BCUT2D eigenvalue weighted by atomic mass is 10.0. The fraction of sp³-hybridized carbons (Fsp3) is 0.412. The first kappa shape index (κ1) is 17.7. The Morgan fingerprint density at radius 2 is 2.08 bits per heavy atom. The van der Waals surface area contributed by atoms with Gasteiger partial charge in [-0.1, -0.05) is 0 Å². The van der Waals surface area contributed by atoms with E-state index >= 15 is 0 Å². The molecular formula is C17H17F3N2O2S. The zero-order valence-corrected chi connectivity index (χ0v) is 14.3. The van der Waals surface area contributed by atoms with Gasteiger partial charge in [0, 0.05) is 29.2 Å². The Kier molecular flexibility index (Phi) is 4.73. The third-order valence-electron chi connectivity index (χ3n) is 4.44. The maximum absolute atomic E-state index is 13.3. The second kappa shape index (κ2) is 6.67. The number of rotatable bonds is 2. The molecule has 1 N–H and O–H groups in total. The predicted octanol–water partition coefficient (Wildman–Crippen LogP) is 3.88. The second-order valence-corrected chi connectivity index (χ2v) is 6.41. The first-order valence-corrected chi connectivity index (χ1v) is 8.31. The van der Waals surface area contributed by atoms with Crippen LogP contribution in [0.25, 0.3) is 10.9 Å². The number of fused-ring (bicyclic) bond motifs is 1. The molecule has 4 nitrogen and oxygen atoms in total. The smallest absolute Gasteiger partial charge is 0.417 e. The minimum Gasteiger partial charge on any atom is -0.488 e. The molecule has 1 saturated heterocycles. The third-order valence-corrected chi connectivity index (χ3v) is 4.88. The van der Waals surface area contributed by atoms with Gasteiger partial charge in [0.05, 0.1) is 18.7 Å². The number of aromatic amines is 1. The first-order chi connectivity index (χ1) is 11.8. The zero-order valence-electron chi connectivity index (χ0n) is 13.5. The molecule has 0 spiro atoms. The average Bonchev–Trinajstić information content (AvgIpc) is 2.59. The van der Waals surface area contributed by atoms with E-state index in [1.165, 1.54) is 19.2 Å². The van der Waals surface area contributed by atoms with Crippen molar-refractivity contribution in [2.75, 3.05) is 18.6 Å². The normalized spacial score (nSPS) is 18.4. The average molecular weight is 370 g/mol. The van der Waals surface area contributed by atoms with Gasteiger partial charge >= 0.3 is 6.18 Å². The summed E-state index contributed by atoms with van der Waals surface area (Å²) < 4.78 is 45.2. The molecule has 3 rings (SSSR count). The number of hydrogen-bond acceptors (Lipinski definition) is 4. The van der Waals surface area contributed by atoms with Crippen LogP contribution in [0.2, 0.25) is 0 Å². The topological polar surface area (TPSA) is 45.3 Å². The molecule has 134 valence electrons. The van der Waals surface area contributed by atoms with Crippen molar-refractivity contribution in [1.82, 2.24) is 4.98 Å². The highest BCUT2D eigenvalue weighted by molar-refractivity contribution is 7.80. The Morgan fingerprint density at radius 3 is 2.76 bits per heavy atom. The van der Waals surface area contributed by atoms with Crippen molar-refractivity contribution in [3.05, 3.63) is 40.2 Å². The van der Waals surface area contributed by atoms with Gasteiger partial charge in [-0.15, -0.1) is 0 Å². The maximum atomic E-state index is 13.3. The monoisotopic (exact) mass is 370 g/mol. The SMILES string of the molecule is COC(=S)C1CCCCN1c1ccc2[nH]c(=O)cc(C(F)(F)F)c2c1. The summed E-state index contributed by atoms with van der Waals surface area (Å²) in [6.07, 6.45) is -1.89. The lowest BCUT2D eigenvalue weighted by Gasteiger charge is -2.37. The molecule has 1 aliphatic heterocycles. The number of halogens is 3. The number of nitrogens with one attached hydrogen (secondary N) is 1. The minimum absolute atomic E-state index is 0.0303. The molecule has 2 aromatic rings. The van der Waals surface area contributed by atoms with Crippen LogP contribution >= 0.6 is 12.2 Å². The summed E-state index contributed by atoms with van der Waals surface area (Å²) in [5.41, 5.74) is -0.916. The number of benzene rings is 1. The quantitative estimate of drug-likeness (QED) is 0.815. The van der Waals surface area contributed by atoms with Crippen molar-refractivity contribution >= 4 is 33.9 Å². The molecule has 2 heterocycles. The zero-order chi connectivity index (χ0) is 18.2. The summed E-state index contributed by atoms with van der Waals surface area (Å²) >= 11 is 5.26. The van der Waals surface area contributed by atoms with Crippen LogP contribution in [0.3, 0.4) is 0 Å². The molecule has 1 aromatic carbocycles. The fourth-order valence-electron chi connectivity index (χ4n) is 3.28. The van der Waals surface area contributed by atoms with Crippen LogP contribution in [0.4, 0.5) is 18.9 Å². The van der Waals surface area contributed by atoms with E-state index in [1.54, 1.807) is 6.07 Å². The van der Waals surface area contributed by atoms with Crippen LogP contribution in [-0.2, 0) is 10.9 Å². The minimum atomic E-state index is -4.60. The lowest BCUT2D eigenvalue weighted by Crippen LogP contribution is -2.44. The second-order valence-electron chi connectivity index (χ2n) is 6.00. The van der Waals surface area contributed by atoms with E-state index in [-0.39, 0.29) is 16.9 Å². The van der Waals surface area contributed by atoms with Gasteiger partial charge in [0.25, 0.3) is 0 Å². The number of pyridine rings is 1. The number of alkyl halides is 3. The van der Waals surface area contributed by atoms with Crippen LogP contribution in [0.5, 0.6) is 0 Å². The summed E-state index contributed by atoms with van der Waals surface area (Å²) in [7, 11) is 1.50. The van der Waals surface area contributed by atoms with E-state index in [9.17, 15) is 18.0 Å². The molecular weight excluding hydrogens is 353 g/mol. The highest BCUT2D eigenvalue weighted by Gasteiger charge is 2.34. The van der Waals surface area contributed by atoms with E-state index in [1.807, 2.05) is 4.90 Å². The number of aromatic nitrogens is 1. The van der Waals surface area contributed by atoms with E-state index < -0.39 is 17.3 Å². The van der Waals surface area contributed by atoms with Crippen molar-refractivity contribution < 1.29 is 17.9 Å². The van der Waals surface area contributed by atoms with Gasteiger partial charge in [0.1, 0.15) is 0 Å². The molecule has 0 saturated carbocycles. The van der Waals surface area contributed by atoms with Crippen LogP contribution in [0, 0.1) is 0 Å². The molecule has 1 fully saturated rings. The number of hydrogen-bond donors (Lipinski definition) is 1. The maximum Gasteiger partial charge on any atom is 0.417 e. The van der Waals surface area contributed by atoms with E-state index in [0.717, 1.165) is 19.3 Å². The van der Waals surface area contributed by atoms with E-state index in [0.29, 0.717) is 23.3 Å². The van der Waals surface area contributed by atoms with Gasteiger partial charge in [-0.25, -0.2) is 0 Å². The molecule has 25 heavy (non-hydrogen) atoms. The molecule has 0 radical (unpaired) electrons. The lowest BCUT2D eigenvalue weighted by molar-refractivity contribution is -0.136. The number of thiocarbonyl (C=S) groups is 1. The Morgan fingerprint density at radius 1 is 1.32 bits per heavy atom. The molecule has 0 amide bonds. The van der Waals surface area contributed by atoms with Gasteiger partial charge in [-0.3, -0.25) is 4.79 Å². The molecule has 1 aromatic heterocycles. The Labute approximate surface area is 147 Å². The van der Waals surface area contributed by atoms with Gasteiger partial charge in [-0.2, -0.15) is 13.2 Å². The van der Waals surface area contributed by atoms with Crippen LogP contribution in [-0.4, -0.2) is 29.7 Å². The number of piperidine rings is 1. The fourth-order valence-corrected chi connectivity index (χ4v) is 3.52. The van der Waals surface area contributed by atoms with E-state index in [4.69, 9.17) is 17.0 Å². The number of methoxy groups -OCH3 is 1. The van der Waals surface area contributed by atoms with Crippen LogP contribution in [0.15, 0.2) is 29.1 Å². The molecule has 1 unspecified atom stereocenters. The first-order valence-electron chi connectivity index (χ1n) is 7.90. The van der Waals surface area contributed by atoms with Gasteiger partial charge < -0.3 is 14.6 Å². The molecule has 8 heteroatoms. The highest BCUT2D eigenvalue weighted by atomic mass is 32.1. The summed E-state index contributed by atoms with van der Waals surface area (Å²) in [5, 5.41) is 0.398. The Hall–Kier alpha value is -2.09. The number of anilines is 1. The van der Waals surface area contributed by atoms with Crippen molar-refractivity contribution in [1.29, 1.82) is 0 Å². The summed E-state index contributed by atoms with van der Waals surface area (Å²) in [6, 6.07) is 5.12. The van der Waals surface area contributed by atoms with Crippen LogP contribution in [0.1, 0.15) is 24.8 Å². The standard InChI is InChI=1S/C17H17F3N2O2S/c1-24-16(25)14-4-2-3-7-22(14)10-5-6-13-11(8-10)12(17(18,19)20)9-15(23)21-13/h5-6,8-9,14H,2-4,7H2,1H3,(H,21,23). The summed E-state index contributed by atoms with van der Waals surface area (Å²) in [5.74, 6) is 0. The van der Waals surface area contributed by atoms with Crippen LogP contribution < -0.4 is 10.5 Å². The molecule has 1 aliphatic rings. The van der Waals surface area contributed by atoms with Crippen molar-refractivity contribution in [3.8, 4) is 0 Å².